The topological polar surface area (TPSA) is 8.17 Å². The highest BCUT2D eigenvalue weighted by Crippen LogP contribution is 2.26. The molecule has 1 saturated heterocycles. The Morgan fingerprint density at radius 3 is 2.17 bits per heavy atom. The van der Waals surface area contributed by atoms with E-state index in [1.54, 1.807) is 0 Å². The first-order valence-electron chi connectivity index (χ1n) is 6.77. The Labute approximate surface area is 109 Å². The molecule has 18 heavy (non-hydrogen) atoms. The summed E-state index contributed by atoms with van der Waals surface area (Å²) in [5.41, 5.74) is 2.70. The summed E-state index contributed by atoms with van der Waals surface area (Å²) in [6, 6.07) is 13.8. The normalized spacial score (nSPS) is 17.1. The maximum atomic E-state index is 2.50. The molecule has 2 heterocycles. The Balaban J connectivity index is 1.65. The van der Waals surface area contributed by atoms with Crippen molar-refractivity contribution < 1.29 is 0 Å². The molecule has 0 aliphatic carbocycles. The molecule has 0 atom stereocenters. The third-order valence-corrected chi connectivity index (χ3v) is 3.91. The third kappa shape index (κ3) is 2.28. The van der Waals surface area contributed by atoms with Gasteiger partial charge in [-0.2, -0.15) is 0 Å². The van der Waals surface area contributed by atoms with Crippen LogP contribution in [0.4, 0.5) is 5.69 Å². The van der Waals surface area contributed by atoms with Gasteiger partial charge in [0.2, 0.25) is 0 Å². The molecule has 1 aliphatic rings. The van der Waals surface area contributed by atoms with Crippen LogP contribution in [0.1, 0.15) is 24.4 Å². The third-order valence-electron chi connectivity index (χ3n) is 3.91. The Hall–Kier alpha value is -1.70. The number of aryl methyl sites for hydroxylation is 1. The van der Waals surface area contributed by atoms with E-state index in [-0.39, 0.29) is 0 Å². The molecule has 3 rings (SSSR count). The summed E-state index contributed by atoms with van der Waals surface area (Å²) in [5.74, 6) is 0. The van der Waals surface area contributed by atoms with Gasteiger partial charge < -0.3 is 9.47 Å². The van der Waals surface area contributed by atoms with E-state index in [0.29, 0.717) is 6.04 Å². The van der Waals surface area contributed by atoms with Crippen molar-refractivity contribution in [3.8, 4) is 0 Å². The zero-order valence-corrected chi connectivity index (χ0v) is 10.9. The van der Waals surface area contributed by atoms with Gasteiger partial charge in [0.25, 0.3) is 0 Å². The van der Waals surface area contributed by atoms with E-state index in [0.717, 1.165) is 13.1 Å². The van der Waals surface area contributed by atoms with Gasteiger partial charge in [-0.15, -0.1) is 0 Å². The highest BCUT2D eigenvalue weighted by atomic mass is 15.2. The number of hydrogen-bond acceptors (Lipinski definition) is 1. The lowest BCUT2D eigenvalue weighted by Crippen LogP contribution is -2.34. The molecule has 0 radical (unpaired) electrons. The van der Waals surface area contributed by atoms with Crippen LogP contribution < -0.4 is 4.90 Å². The van der Waals surface area contributed by atoms with Crippen LogP contribution in [0.5, 0.6) is 0 Å². The summed E-state index contributed by atoms with van der Waals surface area (Å²) in [7, 11) is 0. The number of nitrogens with zero attached hydrogens (tertiary/aromatic N) is 2. The summed E-state index contributed by atoms with van der Waals surface area (Å²) >= 11 is 0. The largest absolute Gasteiger partial charge is 0.371 e. The summed E-state index contributed by atoms with van der Waals surface area (Å²) in [4.78, 5) is 2.50. The van der Waals surface area contributed by atoms with Crippen molar-refractivity contribution >= 4 is 5.69 Å². The second kappa shape index (κ2) is 4.89. The Morgan fingerprint density at radius 2 is 1.56 bits per heavy atom. The van der Waals surface area contributed by atoms with Gasteiger partial charge in [-0.05, 0) is 44.0 Å². The lowest BCUT2D eigenvalue weighted by molar-refractivity contribution is 0.397. The number of anilines is 1. The number of rotatable bonds is 2. The molecule has 2 nitrogen and oxygen atoms in total. The lowest BCUT2D eigenvalue weighted by atomic mass is 10.0. The van der Waals surface area contributed by atoms with Gasteiger partial charge in [0.05, 0.1) is 0 Å². The molecule has 1 aromatic heterocycles. The first-order chi connectivity index (χ1) is 8.83. The van der Waals surface area contributed by atoms with Gasteiger partial charge in [0.1, 0.15) is 0 Å². The highest BCUT2D eigenvalue weighted by Gasteiger charge is 2.19. The minimum atomic E-state index is 0.682. The predicted molar refractivity (Wildman–Crippen MR) is 76.1 cm³/mol. The molecule has 0 amide bonds. The van der Waals surface area contributed by atoms with E-state index in [1.807, 2.05) is 0 Å². The second-order valence-electron chi connectivity index (χ2n) is 5.18. The van der Waals surface area contributed by atoms with E-state index in [4.69, 9.17) is 0 Å². The average Bonchev–Trinajstić information content (AvgIpc) is 2.94. The number of piperidine rings is 1. The first kappa shape index (κ1) is 11.4. The zero-order chi connectivity index (χ0) is 12.4. The van der Waals surface area contributed by atoms with E-state index in [9.17, 15) is 0 Å². The van der Waals surface area contributed by atoms with E-state index < -0.39 is 0 Å². The lowest BCUT2D eigenvalue weighted by Gasteiger charge is -2.34. The zero-order valence-electron chi connectivity index (χ0n) is 10.9. The molecule has 0 unspecified atom stereocenters. The Bertz CT molecular complexity index is 476. The van der Waals surface area contributed by atoms with Crippen LogP contribution in [0, 0.1) is 6.92 Å². The van der Waals surface area contributed by atoms with Gasteiger partial charge in [0, 0.05) is 37.2 Å². The maximum Gasteiger partial charge on any atom is 0.0366 e. The Morgan fingerprint density at radius 1 is 0.944 bits per heavy atom. The number of hydrogen-bond donors (Lipinski definition) is 0. The molecule has 1 aromatic carbocycles. The fourth-order valence-corrected chi connectivity index (χ4v) is 2.77. The summed E-state index contributed by atoms with van der Waals surface area (Å²) in [5, 5.41) is 0. The highest BCUT2D eigenvalue weighted by molar-refractivity contribution is 5.47. The minimum Gasteiger partial charge on any atom is -0.371 e. The smallest absolute Gasteiger partial charge is 0.0366 e. The van der Waals surface area contributed by atoms with Crippen LogP contribution in [0.2, 0.25) is 0 Å². The molecule has 0 spiro atoms. The van der Waals surface area contributed by atoms with Crippen molar-refractivity contribution in [1.29, 1.82) is 0 Å². The van der Waals surface area contributed by atoms with Crippen molar-refractivity contribution in [2.45, 2.75) is 25.8 Å². The molecule has 0 bridgehead atoms. The van der Waals surface area contributed by atoms with E-state index >= 15 is 0 Å². The predicted octanol–water partition coefficient (Wildman–Crippen LogP) is 3.64. The van der Waals surface area contributed by atoms with Crippen molar-refractivity contribution in [3.05, 3.63) is 54.4 Å². The van der Waals surface area contributed by atoms with Gasteiger partial charge >= 0.3 is 0 Å². The first-order valence-corrected chi connectivity index (χ1v) is 6.77. The van der Waals surface area contributed by atoms with Gasteiger partial charge in [-0.25, -0.2) is 0 Å². The molecule has 1 aliphatic heterocycles. The molecular weight excluding hydrogens is 220 g/mol. The van der Waals surface area contributed by atoms with Crippen LogP contribution in [-0.2, 0) is 0 Å². The van der Waals surface area contributed by atoms with Crippen molar-refractivity contribution in [3.63, 3.8) is 0 Å². The molecule has 2 aromatic rings. The molecule has 0 N–H and O–H groups in total. The van der Waals surface area contributed by atoms with Gasteiger partial charge in [-0.3, -0.25) is 0 Å². The molecular formula is C16H20N2. The number of aromatic nitrogens is 1. The fourth-order valence-electron chi connectivity index (χ4n) is 2.77. The van der Waals surface area contributed by atoms with Crippen LogP contribution in [0.3, 0.4) is 0 Å². The average molecular weight is 240 g/mol. The monoisotopic (exact) mass is 240 g/mol. The standard InChI is InChI=1S/C16H20N2/c1-14-4-6-15(7-5-14)18-12-8-16(9-13-18)17-10-2-3-11-17/h2-7,10-11,16H,8-9,12-13H2,1H3. The minimum absolute atomic E-state index is 0.682. The van der Waals surface area contributed by atoms with Crippen LogP contribution in [0.25, 0.3) is 0 Å². The van der Waals surface area contributed by atoms with E-state index in [2.05, 4.69) is 65.2 Å². The van der Waals surface area contributed by atoms with Crippen LogP contribution >= 0.6 is 0 Å². The van der Waals surface area contributed by atoms with Crippen molar-refractivity contribution in [2.75, 3.05) is 18.0 Å². The fraction of sp³-hybridized carbons (Fsp3) is 0.375. The summed E-state index contributed by atoms with van der Waals surface area (Å²) in [6.07, 6.45) is 6.85. The number of benzene rings is 1. The molecule has 1 fully saturated rings. The maximum absolute atomic E-state index is 2.50. The van der Waals surface area contributed by atoms with Gasteiger partial charge in [-0.1, -0.05) is 17.7 Å². The quantitative estimate of drug-likeness (QED) is 0.778. The van der Waals surface area contributed by atoms with Crippen molar-refractivity contribution in [2.24, 2.45) is 0 Å². The summed E-state index contributed by atoms with van der Waals surface area (Å²) in [6.45, 7) is 4.46. The molecule has 0 saturated carbocycles. The van der Waals surface area contributed by atoms with Crippen LogP contribution in [0.15, 0.2) is 48.8 Å². The second-order valence-corrected chi connectivity index (χ2v) is 5.18. The molecule has 2 heteroatoms. The Kier molecular flexibility index (Phi) is 3.09. The van der Waals surface area contributed by atoms with Crippen LogP contribution in [-0.4, -0.2) is 17.7 Å². The summed E-state index contributed by atoms with van der Waals surface area (Å²) < 4.78 is 2.35. The SMILES string of the molecule is Cc1ccc(N2CCC(n3cccc3)CC2)cc1. The molecule has 94 valence electrons. The van der Waals surface area contributed by atoms with Gasteiger partial charge in [0.15, 0.2) is 0 Å². The van der Waals surface area contributed by atoms with Crippen molar-refractivity contribution in [1.82, 2.24) is 4.57 Å². The van der Waals surface area contributed by atoms with E-state index in [1.165, 1.54) is 24.1 Å².